The summed E-state index contributed by atoms with van der Waals surface area (Å²) in [4.78, 5) is 13.5. The molecule has 0 bridgehead atoms. The highest BCUT2D eigenvalue weighted by Gasteiger charge is 2.16. The van der Waals surface area contributed by atoms with Gasteiger partial charge in [-0.15, -0.1) is 0 Å². The molecule has 0 aliphatic rings. The van der Waals surface area contributed by atoms with Gasteiger partial charge in [0.1, 0.15) is 6.04 Å². The number of rotatable bonds is 12. The number of unbranched alkanes of at least 4 members (excludes halogenated alkanes) is 2. The Balaban J connectivity index is 4.06. The molecule has 0 aliphatic heterocycles. The molecule has 0 heterocycles. The van der Waals surface area contributed by atoms with E-state index in [1.165, 1.54) is 25.7 Å². The molecule has 0 aromatic rings. The van der Waals surface area contributed by atoms with Crippen LogP contribution in [0.15, 0.2) is 0 Å². The zero-order chi connectivity index (χ0) is 13.8. The number of carboxylic acids is 1. The minimum Gasteiger partial charge on any atom is -0.480 e. The average molecular weight is 258 g/mol. The summed E-state index contributed by atoms with van der Waals surface area (Å²) in [7, 11) is 0. The highest BCUT2D eigenvalue weighted by Crippen LogP contribution is 2.03. The van der Waals surface area contributed by atoms with Gasteiger partial charge in [-0.1, -0.05) is 33.6 Å². The van der Waals surface area contributed by atoms with Gasteiger partial charge < -0.3 is 15.3 Å². The van der Waals surface area contributed by atoms with Gasteiger partial charge in [-0.25, -0.2) is 0 Å². The Hall–Kier alpha value is -0.610. The van der Waals surface area contributed by atoms with E-state index in [1.807, 2.05) is 6.92 Å². The Morgan fingerprint density at radius 3 is 2.06 bits per heavy atom. The zero-order valence-corrected chi connectivity index (χ0v) is 12.2. The monoisotopic (exact) mass is 258 g/mol. The molecule has 0 aromatic heterocycles. The van der Waals surface area contributed by atoms with Gasteiger partial charge in [0.15, 0.2) is 0 Å². The SMILES string of the molecule is CCCCN(CCCC)CCC(NCC)C(=O)O. The van der Waals surface area contributed by atoms with Crippen molar-refractivity contribution in [3.05, 3.63) is 0 Å². The summed E-state index contributed by atoms with van der Waals surface area (Å²) in [6.45, 7) is 10.1. The maximum absolute atomic E-state index is 11.0. The van der Waals surface area contributed by atoms with Crippen LogP contribution in [-0.2, 0) is 4.79 Å². The van der Waals surface area contributed by atoms with Gasteiger partial charge in [0.2, 0.25) is 0 Å². The van der Waals surface area contributed by atoms with Crippen molar-refractivity contribution in [2.24, 2.45) is 0 Å². The van der Waals surface area contributed by atoms with Gasteiger partial charge in [0.05, 0.1) is 0 Å². The van der Waals surface area contributed by atoms with E-state index in [0.717, 1.165) is 19.6 Å². The van der Waals surface area contributed by atoms with Crippen molar-refractivity contribution in [1.82, 2.24) is 10.2 Å². The topological polar surface area (TPSA) is 52.6 Å². The maximum Gasteiger partial charge on any atom is 0.320 e. The average Bonchev–Trinajstić information content (AvgIpc) is 2.36. The van der Waals surface area contributed by atoms with Crippen molar-refractivity contribution in [3.63, 3.8) is 0 Å². The van der Waals surface area contributed by atoms with Gasteiger partial charge in [-0.05, 0) is 38.9 Å². The van der Waals surface area contributed by atoms with Crippen molar-refractivity contribution < 1.29 is 9.90 Å². The predicted octanol–water partition coefficient (Wildman–Crippen LogP) is 2.34. The lowest BCUT2D eigenvalue weighted by Gasteiger charge is -2.24. The van der Waals surface area contributed by atoms with Crippen molar-refractivity contribution in [1.29, 1.82) is 0 Å². The highest BCUT2D eigenvalue weighted by molar-refractivity contribution is 5.73. The highest BCUT2D eigenvalue weighted by atomic mass is 16.4. The Bertz CT molecular complexity index is 202. The van der Waals surface area contributed by atoms with Crippen LogP contribution in [0.1, 0.15) is 52.9 Å². The lowest BCUT2D eigenvalue weighted by molar-refractivity contribution is -0.139. The summed E-state index contributed by atoms with van der Waals surface area (Å²) in [5.74, 6) is -0.734. The first-order valence-electron chi connectivity index (χ1n) is 7.34. The zero-order valence-electron chi connectivity index (χ0n) is 12.2. The third kappa shape index (κ3) is 8.48. The molecule has 1 atom stereocenters. The molecule has 1 unspecified atom stereocenters. The third-order valence-corrected chi connectivity index (χ3v) is 3.14. The second-order valence-corrected chi connectivity index (χ2v) is 4.79. The molecule has 0 spiro atoms. The molecule has 0 rings (SSSR count). The van der Waals surface area contributed by atoms with Crippen molar-refractivity contribution in [2.75, 3.05) is 26.2 Å². The molecule has 0 saturated carbocycles. The molecule has 4 nitrogen and oxygen atoms in total. The second kappa shape index (κ2) is 11.5. The fraction of sp³-hybridized carbons (Fsp3) is 0.929. The molecule has 108 valence electrons. The van der Waals surface area contributed by atoms with Crippen LogP contribution in [0.4, 0.5) is 0 Å². The van der Waals surface area contributed by atoms with Crippen molar-refractivity contribution >= 4 is 5.97 Å². The number of nitrogens with zero attached hydrogens (tertiary/aromatic N) is 1. The quantitative estimate of drug-likeness (QED) is 0.564. The van der Waals surface area contributed by atoms with E-state index in [-0.39, 0.29) is 0 Å². The summed E-state index contributed by atoms with van der Waals surface area (Å²) >= 11 is 0. The molecule has 0 aromatic carbocycles. The Kier molecular flexibility index (Phi) is 11.1. The summed E-state index contributed by atoms with van der Waals surface area (Å²) < 4.78 is 0. The fourth-order valence-corrected chi connectivity index (χ4v) is 1.97. The van der Waals surface area contributed by atoms with Crippen LogP contribution in [0.25, 0.3) is 0 Å². The fourth-order valence-electron chi connectivity index (χ4n) is 1.97. The molecule has 0 radical (unpaired) electrons. The molecule has 0 saturated heterocycles. The first kappa shape index (κ1) is 17.4. The van der Waals surface area contributed by atoms with Gasteiger partial charge in [0.25, 0.3) is 0 Å². The lowest BCUT2D eigenvalue weighted by atomic mass is 10.2. The van der Waals surface area contributed by atoms with E-state index in [2.05, 4.69) is 24.1 Å². The van der Waals surface area contributed by atoms with Crippen LogP contribution < -0.4 is 5.32 Å². The van der Waals surface area contributed by atoms with Crippen LogP contribution in [0.5, 0.6) is 0 Å². The molecule has 18 heavy (non-hydrogen) atoms. The number of carboxylic acid groups (broad SMARTS) is 1. The standard InChI is InChI=1S/C14H30N2O2/c1-4-7-10-16(11-8-5-2)12-9-13(14(17)18)15-6-3/h13,15H,4-12H2,1-3H3,(H,17,18). The maximum atomic E-state index is 11.0. The van der Waals surface area contributed by atoms with Crippen molar-refractivity contribution in [3.8, 4) is 0 Å². The normalized spacial score (nSPS) is 12.9. The molecule has 0 aliphatic carbocycles. The largest absolute Gasteiger partial charge is 0.480 e. The van der Waals surface area contributed by atoms with E-state index in [4.69, 9.17) is 5.11 Å². The molecular weight excluding hydrogens is 228 g/mol. The van der Waals surface area contributed by atoms with Crippen LogP contribution >= 0.6 is 0 Å². The molecular formula is C14H30N2O2. The lowest BCUT2D eigenvalue weighted by Crippen LogP contribution is -2.40. The van der Waals surface area contributed by atoms with Crippen molar-refractivity contribution in [2.45, 2.75) is 58.9 Å². The predicted molar refractivity (Wildman–Crippen MR) is 76.0 cm³/mol. The third-order valence-electron chi connectivity index (χ3n) is 3.14. The van der Waals surface area contributed by atoms with Gasteiger partial charge >= 0.3 is 5.97 Å². The second-order valence-electron chi connectivity index (χ2n) is 4.79. The van der Waals surface area contributed by atoms with Gasteiger partial charge in [-0.3, -0.25) is 4.79 Å². The number of carbonyl (C=O) groups is 1. The summed E-state index contributed by atoms with van der Waals surface area (Å²) in [5, 5.41) is 12.1. The Morgan fingerprint density at radius 2 is 1.67 bits per heavy atom. The van der Waals surface area contributed by atoms with Crippen LogP contribution in [0.3, 0.4) is 0 Å². The van der Waals surface area contributed by atoms with Crippen LogP contribution in [0, 0.1) is 0 Å². The van der Waals surface area contributed by atoms with E-state index >= 15 is 0 Å². The number of hydrogen-bond donors (Lipinski definition) is 2. The van der Waals surface area contributed by atoms with E-state index < -0.39 is 12.0 Å². The molecule has 0 fully saturated rings. The summed E-state index contributed by atoms with van der Waals surface area (Å²) in [6, 6.07) is -0.402. The Labute approximate surface area is 112 Å². The van der Waals surface area contributed by atoms with Gasteiger partial charge in [0, 0.05) is 6.54 Å². The van der Waals surface area contributed by atoms with E-state index in [0.29, 0.717) is 13.0 Å². The first-order chi connectivity index (χ1) is 8.65. The summed E-state index contributed by atoms with van der Waals surface area (Å²) in [5.41, 5.74) is 0. The molecule has 0 amide bonds. The minimum absolute atomic E-state index is 0.402. The number of likely N-dealkylation sites (N-methyl/N-ethyl adjacent to an activating group) is 1. The van der Waals surface area contributed by atoms with Crippen LogP contribution in [0.2, 0.25) is 0 Å². The first-order valence-corrected chi connectivity index (χ1v) is 7.34. The minimum atomic E-state index is -0.734. The van der Waals surface area contributed by atoms with Gasteiger partial charge in [-0.2, -0.15) is 0 Å². The number of nitrogens with one attached hydrogen (secondary N) is 1. The van der Waals surface area contributed by atoms with E-state index in [9.17, 15) is 4.79 Å². The van der Waals surface area contributed by atoms with E-state index in [1.54, 1.807) is 0 Å². The summed E-state index contributed by atoms with van der Waals surface area (Å²) in [6.07, 6.45) is 5.47. The Morgan fingerprint density at radius 1 is 1.11 bits per heavy atom. The van der Waals surface area contributed by atoms with Crippen LogP contribution in [-0.4, -0.2) is 48.2 Å². The molecule has 2 N–H and O–H groups in total. The number of aliphatic carboxylic acids is 1. The molecule has 4 heteroatoms. The number of hydrogen-bond acceptors (Lipinski definition) is 3. The smallest absolute Gasteiger partial charge is 0.320 e.